The fourth-order valence-electron chi connectivity index (χ4n) is 1.72. The van der Waals surface area contributed by atoms with E-state index in [0.717, 1.165) is 18.2 Å². The Balaban J connectivity index is 2.23. The Hall–Kier alpha value is -1.77. The number of aliphatic hydroxyl groups is 1. The molecule has 1 aromatic heterocycles. The zero-order chi connectivity index (χ0) is 15.7. The molecule has 0 saturated carbocycles. The normalized spacial score (nSPS) is 14.9. The Labute approximate surface area is 120 Å². The second-order valence-electron chi connectivity index (χ2n) is 4.63. The highest BCUT2D eigenvalue weighted by molar-refractivity contribution is 7.89. The van der Waals surface area contributed by atoms with Crippen molar-refractivity contribution >= 4 is 10.0 Å². The molecule has 0 fully saturated rings. The molecule has 0 aliphatic rings. The quantitative estimate of drug-likeness (QED) is 0.880. The van der Waals surface area contributed by atoms with Crippen LogP contribution in [0.15, 0.2) is 45.9 Å². The lowest BCUT2D eigenvalue weighted by molar-refractivity contribution is 0.0395. The van der Waals surface area contributed by atoms with Crippen molar-refractivity contribution in [1.29, 1.82) is 0 Å². The van der Waals surface area contributed by atoms with Crippen molar-refractivity contribution in [1.82, 2.24) is 4.72 Å². The molecule has 2 N–H and O–H groups in total. The molecule has 1 atom stereocenters. The predicted molar refractivity (Wildman–Crippen MR) is 69.8 cm³/mol. The van der Waals surface area contributed by atoms with Crippen LogP contribution in [0.5, 0.6) is 0 Å². The van der Waals surface area contributed by atoms with Gasteiger partial charge in [0.25, 0.3) is 0 Å². The molecule has 5 nitrogen and oxygen atoms in total. The van der Waals surface area contributed by atoms with Crippen molar-refractivity contribution < 1.29 is 26.7 Å². The topological polar surface area (TPSA) is 79.5 Å². The third-order valence-corrected chi connectivity index (χ3v) is 4.30. The summed E-state index contributed by atoms with van der Waals surface area (Å²) in [6.45, 7) is 0.808. The van der Waals surface area contributed by atoms with E-state index in [9.17, 15) is 22.3 Å². The Kier molecular flexibility index (Phi) is 4.13. The molecule has 0 radical (unpaired) electrons. The Bertz CT molecular complexity index is 706. The van der Waals surface area contributed by atoms with Crippen LogP contribution < -0.4 is 4.72 Å². The molecule has 2 rings (SSSR count). The molecule has 1 unspecified atom stereocenters. The van der Waals surface area contributed by atoms with Crippen LogP contribution in [0.2, 0.25) is 0 Å². The van der Waals surface area contributed by atoms with E-state index in [1.165, 1.54) is 25.3 Å². The average molecular weight is 317 g/mol. The maximum absolute atomic E-state index is 13.5. The first kappa shape index (κ1) is 15.6. The van der Waals surface area contributed by atoms with Crippen molar-refractivity contribution in [2.45, 2.75) is 17.4 Å². The smallest absolute Gasteiger partial charge is 0.246 e. The second-order valence-corrected chi connectivity index (χ2v) is 6.33. The van der Waals surface area contributed by atoms with Gasteiger partial charge >= 0.3 is 0 Å². The van der Waals surface area contributed by atoms with Gasteiger partial charge in [-0.25, -0.2) is 21.9 Å². The van der Waals surface area contributed by atoms with Crippen LogP contribution in [0.25, 0.3) is 0 Å². The maximum atomic E-state index is 13.5. The molecule has 1 heterocycles. The molecule has 0 bridgehead atoms. The summed E-state index contributed by atoms with van der Waals surface area (Å²) in [4.78, 5) is -1.08. The fraction of sp³-hybridized carbons (Fsp3) is 0.231. The van der Waals surface area contributed by atoms with Crippen molar-refractivity contribution in [2.24, 2.45) is 0 Å². The first-order chi connectivity index (χ1) is 9.74. The zero-order valence-corrected chi connectivity index (χ0v) is 11.8. The van der Waals surface area contributed by atoms with E-state index in [0.29, 0.717) is 0 Å². The first-order valence-electron chi connectivity index (χ1n) is 5.94. The van der Waals surface area contributed by atoms with E-state index in [2.05, 4.69) is 0 Å². The summed E-state index contributed by atoms with van der Waals surface area (Å²) in [5.74, 6) is -2.29. The molecular weight excluding hydrogens is 304 g/mol. The van der Waals surface area contributed by atoms with Gasteiger partial charge in [-0.3, -0.25) is 0 Å². The van der Waals surface area contributed by atoms with Crippen molar-refractivity contribution in [2.75, 3.05) is 6.54 Å². The molecule has 8 heteroatoms. The van der Waals surface area contributed by atoms with Gasteiger partial charge in [-0.2, -0.15) is 0 Å². The Morgan fingerprint density at radius 2 is 1.86 bits per heavy atom. The summed E-state index contributed by atoms with van der Waals surface area (Å²) in [5, 5.41) is 10.1. The van der Waals surface area contributed by atoms with Gasteiger partial charge in [0.05, 0.1) is 6.26 Å². The minimum absolute atomic E-state index is 0.124. The van der Waals surface area contributed by atoms with Crippen LogP contribution in [0, 0.1) is 11.6 Å². The minimum atomic E-state index is -4.45. The van der Waals surface area contributed by atoms with Gasteiger partial charge in [0.1, 0.15) is 23.0 Å². The lowest BCUT2D eigenvalue weighted by Gasteiger charge is -2.21. The van der Waals surface area contributed by atoms with Crippen LogP contribution in [-0.4, -0.2) is 20.1 Å². The maximum Gasteiger partial charge on any atom is 0.246 e. The highest BCUT2D eigenvalue weighted by atomic mass is 32.2. The summed E-state index contributed by atoms with van der Waals surface area (Å²) >= 11 is 0. The molecular formula is C13H13F2NO4S. The standard InChI is InChI=1S/C13H13F2NO4S/c1-13(17,11-6-3-7-20-11)8-16-21(18,19)12-9(14)4-2-5-10(12)15/h2-7,16-17H,8H2,1H3. The minimum Gasteiger partial charge on any atom is -0.466 e. The van der Waals surface area contributed by atoms with Crippen LogP contribution in [-0.2, 0) is 15.6 Å². The average Bonchev–Trinajstić information content (AvgIpc) is 2.91. The number of hydrogen-bond acceptors (Lipinski definition) is 4. The molecule has 2 aromatic rings. The van der Waals surface area contributed by atoms with E-state index in [4.69, 9.17) is 4.42 Å². The molecule has 0 aliphatic heterocycles. The van der Waals surface area contributed by atoms with Crippen LogP contribution in [0.4, 0.5) is 8.78 Å². The van der Waals surface area contributed by atoms with E-state index in [1.54, 1.807) is 0 Å². The highest BCUT2D eigenvalue weighted by Crippen LogP contribution is 2.22. The number of furan rings is 1. The molecule has 0 aliphatic carbocycles. The van der Waals surface area contributed by atoms with Crippen LogP contribution in [0.1, 0.15) is 12.7 Å². The Morgan fingerprint density at radius 1 is 1.24 bits per heavy atom. The van der Waals surface area contributed by atoms with Crippen LogP contribution >= 0.6 is 0 Å². The second kappa shape index (κ2) is 5.55. The summed E-state index contributed by atoms with van der Waals surface area (Å²) in [7, 11) is -4.45. The predicted octanol–water partition coefficient (Wildman–Crippen LogP) is 1.74. The van der Waals surface area contributed by atoms with E-state index < -0.39 is 38.7 Å². The van der Waals surface area contributed by atoms with Crippen molar-refractivity contribution in [3.05, 3.63) is 54.0 Å². The zero-order valence-electron chi connectivity index (χ0n) is 11.0. The van der Waals surface area contributed by atoms with E-state index >= 15 is 0 Å². The Morgan fingerprint density at radius 3 is 2.38 bits per heavy atom. The fourth-order valence-corrected chi connectivity index (χ4v) is 2.98. The van der Waals surface area contributed by atoms with Gasteiger partial charge in [0, 0.05) is 6.54 Å². The SMILES string of the molecule is CC(O)(CNS(=O)(=O)c1c(F)cccc1F)c1ccco1. The molecule has 1 aromatic carbocycles. The largest absolute Gasteiger partial charge is 0.466 e. The number of nitrogens with one attached hydrogen (secondary N) is 1. The number of rotatable bonds is 5. The van der Waals surface area contributed by atoms with Crippen LogP contribution in [0.3, 0.4) is 0 Å². The summed E-state index contributed by atoms with van der Waals surface area (Å²) in [5.41, 5.74) is -1.65. The van der Waals surface area contributed by atoms with Gasteiger partial charge < -0.3 is 9.52 Å². The highest BCUT2D eigenvalue weighted by Gasteiger charge is 2.31. The molecule has 0 spiro atoms. The molecule has 0 saturated heterocycles. The van der Waals surface area contributed by atoms with Gasteiger partial charge in [0.15, 0.2) is 4.90 Å². The summed E-state index contributed by atoms with van der Waals surface area (Å²) in [6, 6.07) is 5.71. The van der Waals surface area contributed by atoms with Crippen molar-refractivity contribution in [3.63, 3.8) is 0 Å². The summed E-state index contributed by atoms with van der Waals surface area (Å²) in [6.07, 6.45) is 1.31. The van der Waals surface area contributed by atoms with Gasteiger partial charge in [-0.15, -0.1) is 0 Å². The van der Waals surface area contributed by atoms with Gasteiger partial charge in [-0.1, -0.05) is 6.07 Å². The number of benzene rings is 1. The van der Waals surface area contributed by atoms with Gasteiger partial charge in [-0.05, 0) is 31.2 Å². The van der Waals surface area contributed by atoms with E-state index in [1.807, 2.05) is 4.72 Å². The summed E-state index contributed by atoms with van der Waals surface area (Å²) < 4.78 is 57.9. The molecule has 0 amide bonds. The van der Waals surface area contributed by atoms with Crippen molar-refractivity contribution in [3.8, 4) is 0 Å². The lowest BCUT2D eigenvalue weighted by Crippen LogP contribution is -2.38. The monoisotopic (exact) mass is 317 g/mol. The number of sulfonamides is 1. The molecule has 21 heavy (non-hydrogen) atoms. The van der Waals surface area contributed by atoms with Gasteiger partial charge in [0.2, 0.25) is 10.0 Å². The van der Waals surface area contributed by atoms with E-state index in [-0.39, 0.29) is 5.76 Å². The number of hydrogen-bond donors (Lipinski definition) is 2. The third kappa shape index (κ3) is 3.29. The third-order valence-electron chi connectivity index (χ3n) is 2.85. The molecule has 114 valence electrons. The first-order valence-corrected chi connectivity index (χ1v) is 7.42. The number of halogens is 2. The lowest BCUT2D eigenvalue weighted by atomic mass is 10.1.